The van der Waals surface area contributed by atoms with Gasteiger partial charge in [-0.3, -0.25) is 0 Å². The van der Waals surface area contributed by atoms with Crippen molar-refractivity contribution in [2.24, 2.45) is 17.6 Å². The molecule has 2 heteroatoms. The summed E-state index contributed by atoms with van der Waals surface area (Å²) in [5, 5.41) is 0. The molecule has 3 atom stereocenters. The molecule has 0 fully saturated rings. The van der Waals surface area contributed by atoms with Crippen LogP contribution in [0.15, 0.2) is 95.4 Å². The highest BCUT2D eigenvalue weighted by Crippen LogP contribution is 2.50. The average molecular weight is 369 g/mol. The van der Waals surface area contributed by atoms with Crippen LogP contribution >= 0.6 is 0 Å². The molecular formula is C26H28N2. The molecule has 3 unspecified atom stereocenters. The second-order valence-electron chi connectivity index (χ2n) is 8.49. The van der Waals surface area contributed by atoms with Crippen LogP contribution in [0.2, 0.25) is 0 Å². The highest BCUT2D eigenvalue weighted by atomic mass is 15.2. The van der Waals surface area contributed by atoms with E-state index >= 15 is 0 Å². The summed E-state index contributed by atoms with van der Waals surface area (Å²) in [6.07, 6.45) is 8.93. The average Bonchev–Trinajstić information content (AvgIpc) is 3.05. The van der Waals surface area contributed by atoms with Crippen LogP contribution < -0.4 is 10.6 Å². The van der Waals surface area contributed by atoms with Gasteiger partial charge in [0.25, 0.3) is 0 Å². The van der Waals surface area contributed by atoms with Gasteiger partial charge in [-0.1, -0.05) is 61.5 Å². The van der Waals surface area contributed by atoms with Crippen molar-refractivity contribution in [1.82, 2.24) is 0 Å². The van der Waals surface area contributed by atoms with Gasteiger partial charge < -0.3 is 10.6 Å². The van der Waals surface area contributed by atoms with Crippen LogP contribution in [0.3, 0.4) is 0 Å². The van der Waals surface area contributed by atoms with Gasteiger partial charge in [0.2, 0.25) is 0 Å². The fourth-order valence-electron chi connectivity index (χ4n) is 5.53. The molecule has 0 aromatic heterocycles. The van der Waals surface area contributed by atoms with Crippen LogP contribution in [0, 0.1) is 11.8 Å². The number of fused-ring (bicyclic) bond motifs is 2. The number of hydrogen-bond donors (Lipinski definition) is 1. The molecule has 142 valence electrons. The number of hydrogen-bond acceptors (Lipinski definition) is 2. The molecule has 1 aliphatic heterocycles. The smallest absolute Gasteiger partial charge is 0.0646 e. The van der Waals surface area contributed by atoms with Crippen LogP contribution in [0.5, 0.6) is 0 Å². The summed E-state index contributed by atoms with van der Waals surface area (Å²) in [4.78, 5) is 2.59. The molecule has 2 aromatic carbocycles. The van der Waals surface area contributed by atoms with Gasteiger partial charge in [0.1, 0.15) is 0 Å². The standard InChI is InChI=1S/C26H28N2/c1-18-15-20(16-19-9-4-2-5-10-19)17-22-25-23(27)13-8-14-24(25)28(26(18)22)21-11-6-3-7-12-21/h2-13,18,20,24H,14-17,27H2,1H3. The van der Waals surface area contributed by atoms with Crippen molar-refractivity contribution < 1.29 is 0 Å². The number of allylic oxidation sites excluding steroid dienone is 2. The lowest BCUT2D eigenvalue weighted by molar-refractivity contribution is 0.388. The first-order chi connectivity index (χ1) is 13.7. The second-order valence-corrected chi connectivity index (χ2v) is 8.49. The minimum atomic E-state index is 0.357. The van der Waals surface area contributed by atoms with Crippen molar-refractivity contribution in [3.05, 3.63) is 101 Å². The molecule has 2 aromatic rings. The Morgan fingerprint density at radius 1 is 1.00 bits per heavy atom. The van der Waals surface area contributed by atoms with Crippen molar-refractivity contribution >= 4 is 5.69 Å². The number of benzene rings is 2. The number of rotatable bonds is 3. The first-order valence-corrected chi connectivity index (χ1v) is 10.5. The van der Waals surface area contributed by atoms with Crippen LogP contribution in [0.25, 0.3) is 0 Å². The molecule has 28 heavy (non-hydrogen) atoms. The van der Waals surface area contributed by atoms with E-state index in [0.29, 0.717) is 17.9 Å². The molecule has 0 saturated heterocycles. The van der Waals surface area contributed by atoms with Gasteiger partial charge in [-0.25, -0.2) is 0 Å². The topological polar surface area (TPSA) is 29.3 Å². The highest BCUT2D eigenvalue weighted by Gasteiger charge is 2.43. The summed E-state index contributed by atoms with van der Waals surface area (Å²) in [5.41, 5.74) is 14.7. The molecule has 3 aliphatic rings. The van der Waals surface area contributed by atoms with E-state index < -0.39 is 0 Å². The normalized spacial score (nSPS) is 26.5. The predicted molar refractivity (Wildman–Crippen MR) is 117 cm³/mol. The number of nitrogens with two attached hydrogens (primary N) is 1. The highest BCUT2D eigenvalue weighted by molar-refractivity contribution is 5.68. The van der Waals surface area contributed by atoms with Crippen molar-refractivity contribution in [1.29, 1.82) is 0 Å². The first kappa shape index (κ1) is 17.4. The van der Waals surface area contributed by atoms with E-state index in [2.05, 4.69) is 84.6 Å². The SMILES string of the molecule is CC1CC(Cc2ccccc2)CC2=C1N(c1ccccc1)C1CC=CC(N)=C21. The zero-order valence-electron chi connectivity index (χ0n) is 16.5. The van der Waals surface area contributed by atoms with E-state index in [0.717, 1.165) is 25.0 Å². The largest absolute Gasteiger partial charge is 0.398 e. The maximum atomic E-state index is 6.54. The number of nitrogens with zero attached hydrogens (tertiary/aromatic N) is 1. The Morgan fingerprint density at radius 2 is 1.71 bits per heavy atom. The Kier molecular flexibility index (Phi) is 4.35. The molecule has 5 rings (SSSR count). The Hall–Kier alpha value is -2.74. The van der Waals surface area contributed by atoms with Crippen molar-refractivity contribution in [2.45, 2.75) is 38.6 Å². The van der Waals surface area contributed by atoms with Gasteiger partial charge in [0.05, 0.1) is 6.04 Å². The zero-order chi connectivity index (χ0) is 19.1. The van der Waals surface area contributed by atoms with Gasteiger partial charge >= 0.3 is 0 Å². The Bertz CT molecular complexity index is 952. The van der Waals surface area contributed by atoms with Crippen LogP contribution in [0.4, 0.5) is 5.69 Å². The lowest BCUT2D eigenvalue weighted by Crippen LogP contribution is -2.34. The maximum Gasteiger partial charge on any atom is 0.0646 e. The predicted octanol–water partition coefficient (Wildman–Crippen LogP) is 5.59. The summed E-state index contributed by atoms with van der Waals surface area (Å²) in [6.45, 7) is 2.41. The molecule has 2 nitrogen and oxygen atoms in total. The Labute approximate surface area is 168 Å². The maximum absolute atomic E-state index is 6.54. The van der Waals surface area contributed by atoms with Gasteiger partial charge in [0, 0.05) is 22.7 Å². The van der Waals surface area contributed by atoms with Crippen molar-refractivity contribution in [3.63, 3.8) is 0 Å². The second kappa shape index (κ2) is 7.01. The monoisotopic (exact) mass is 368 g/mol. The summed E-state index contributed by atoms with van der Waals surface area (Å²) in [7, 11) is 0. The third-order valence-corrected chi connectivity index (χ3v) is 6.55. The molecule has 0 radical (unpaired) electrons. The van der Waals surface area contributed by atoms with Crippen LogP contribution in [0.1, 0.15) is 31.7 Å². The lowest BCUT2D eigenvalue weighted by atomic mass is 9.76. The fraction of sp³-hybridized carbons (Fsp3) is 0.308. The molecule has 0 saturated carbocycles. The Morgan fingerprint density at radius 3 is 2.46 bits per heavy atom. The van der Waals surface area contributed by atoms with Crippen molar-refractivity contribution in [2.75, 3.05) is 4.90 Å². The first-order valence-electron chi connectivity index (χ1n) is 10.5. The minimum absolute atomic E-state index is 0.357. The zero-order valence-corrected chi connectivity index (χ0v) is 16.5. The molecule has 0 spiro atoms. The molecule has 0 amide bonds. The van der Waals surface area contributed by atoms with Crippen LogP contribution in [-0.4, -0.2) is 6.04 Å². The van der Waals surface area contributed by atoms with Gasteiger partial charge in [-0.15, -0.1) is 0 Å². The summed E-state index contributed by atoms with van der Waals surface area (Å²) >= 11 is 0. The van der Waals surface area contributed by atoms with Gasteiger partial charge in [-0.05, 0) is 66.9 Å². The van der Waals surface area contributed by atoms with Gasteiger partial charge in [-0.2, -0.15) is 0 Å². The molecule has 2 aliphatic carbocycles. The summed E-state index contributed by atoms with van der Waals surface area (Å²) in [6, 6.07) is 22.2. The van der Waals surface area contributed by atoms with Crippen LogP contribution in [-0.2, 0) is 6.42 Å². The number of para-hydroxylation sites is 1. The molecule has 1 heterocycles. The van der Waals surface area contributed by atoms with E-state index in [-0.39, 0.29) is 0 Å². The third-order valence-electron chi connectivity index (χ3n) is 6.55. The lowest BCUT2D eigenvalue weighted by Gasteiger charge is -2.35. The summed E-state index contributed by atoms with van der Waals surface area (Å²) < 4.78 is 0. The van der Waals surface area contributed by atoms with E-state index in [1.54, 1.807) is 0 Å². The Balaban J connectivity index is 1.55. The van der Waals surface area contributed by atoms with E-state index in [4.69, 9.17) is 5.73 Å². The molecule has 0 bridgehead atoms. The van der Waals surface area contributed by atoms with E-state index in [1.165, 1.54) is 34.5 Å². The molecular weight excluding hydrogens is 340 g/mol. The van der Waals surface area contributed by atoms with E-state index in [1.807, 2.05) is 0 Å². The third kappa shape index (κ3) is 2.88. The summed E-state index contributed by atoms with van der Waals surface area (Å²) in [5.74, 6) is 1.22. The number of anilines is 1. The quantitative estimate of drug-likeness (QED) is 0.765. The minimum Gasteiger partial charge on any atom is -0.398 e. The van der Waals surface area contributed by atoms with Gasteiger partial charge in [0.15, 0.2) is 0 Å². The van der Waals surface area contributed by atoms with E-state index in [9.17, 15) is 0 Å². The van der Waals surface area contributed by atoms with Crippen molar-refractivity contribution in [3.8, 4) is 0 Å². The fourth-order valence-corrected chi connectivity index (χ4v) is 5.53. The molecule has 2 N–H and O–H groups in total.